The molecule has 0 aromatic rings. The average Bonchev–Trinajstić information content (AvgIpc) is 1.83. The summed E-state index contributed by atoms with van der Waals surface area (Å²) in [6, 6.07) is -0.192. The summed E-state index contributed by atoms with van der Waals surface area (Å²) in [4.78, 5) is 0. The second-order valence-electron chi connectivity index (χ2n) is 1.13. The lowest BCUT2D eigenvalue weighted by molar-refractivity contribution is 0.286. The highest BCUT2D eigenvalue weighted by Crippen LogP contribution is 1.70. The van der Waals surface area contributed by atoms with Crippen LogP contribution >= 0.6 is 12.2 Å². The highest BCUT2D eigenvalue weighted by atomic mass is 32.1. The number of hydrogen-bond acceptors (Lipinski definition) is 3. The molecule has 0 aliphatic rings. The van der Waals surface area contributed by atoms with E-state index in [1.165, 1.54) is 5.37 Å². The van der Waals surface area contributed by atoms with Gasteiger partial charge in [0, 0.05) is 6.04 Å². The van der Waals surface area contributed by atoms with Gasteiger partial charge in [-0.3, -0.25) is 0 Å². The standard InChI is InChI=1S/C3H8BNOS/c4-5-3(1-6)2-7/h2-3,5-6H,1,4H2/t3-/m1/s1/i4T. The Morgan fingerprint density at radius 2 is 3.00 bits per heavy atom. The number of nitrogens with one attached hydrogen (secondary N) is 1. The van der Waals surface area contributed by atoms with Gasteiger partial charge in [-0.2, -0.15) is 0 Å². The van der Waals surface area contributed by atoms with Gasteiger partial charge in [-0.1, -0.05) is 12.2 Å². The third-order valence-corrected chi connectivity index (χ3v) is 0.952. The van der Waals surface area contributed by atoms with Gasteiger partial charge < -0.3 is 10.3 Å². The van der Waals surface area contributed by atoms with E-state index in [0.29, 0.717) is 0 Å². The molecule has 0 aliphatic heterocycles. The minimum Gasteiger partial charge on any atom is -0.394 e. The summed E-state index contributed by atoms with van der Waals surface area (Å²) in [5.74, 6) is 0. The van der Waals surface area contributed by atoms with Gasteiger partial charge in [-0.25, -0.2) is 0 Å². The molecule has 0 heterocycles. The van der Waals surface area contributed by atoms with Crippen molar-refractivity contribution < 1.29 is 5.11 Å². The summed E-state index contributed by atoms with van der Waals surface area (Å²) in [5.41, 5.74) is 0. The van der Waals surface area contributed by atoms with Crippen LogP contribution in [0.5, 0.6) is 0 Å². The maximum Gasteiger partial charge on any atom is 0.182 e. The molecule has 2 nitrogen and oxygen atoms in total. The van der Waals surface area contributed by atoms with Crippen molar-refractivity contribution in [1.82, 2.24) is 5.23 Å². The molecule has 0 fully saturated rings. The molecular formula is C3H8BNOS. The fraction of sp³-hybridized carbons (Fsp3) is 0.667. The lowest BCUT2D eigenvalue weighted by Gasteiger charge is -2.02. The smallest absolute Gasteiger partial charge is 0.182 e. The Morgan fingerprint density at radius 3 is 3.14 bits per heavy atom. The number of hydrogen-bond donors (Lipinski definition) is 2. The summed E-state index contributed by atoms with van der Waals surface area (Å²) in [6.07, 6.45) is 0. The van der Waals surface area contributed by atoms with Crippen LogP contribution in [0.2, 0.25) is 0 Å². The van der Waals surface area contributed by atoms with Gasteiger partial charge in [0.05, 0.1) is 6.61 Å². The largest absolute Gasteiger partial charge is 0.394 e. The summed E-state index contributed by atoms with van der Waals surface area (Å²) >= 11 is 4.51. The van der Waals surface area contributed by atoms with E-state index in [4.69, 9.17) is 6.44 Å². The molecule has 0 amide bonds. The van der Waals surface area contributed by atoms with E-state index in [1.54, 1.807) is 0 Å². The first kappa shape index (κ1) is 5.22. The zero-order valence-electron chi connectivity index (χ0n) is 4.92. The van der Waals surface area contributed by atoms with Crippen LogP contribution in [0.3, 0.4) is 0 Å². The van der Waals surface area contributed by atoms with E-state index >= 15 is 0 Å². The molecular weight excluding hydrogens is 109 g/mol. The quantitative estimate of drug-likeness (QED) is 0.348. The predicted octanol–water partition coefficient (Wildman–Crippen LogP) is -1.52. The van der Waals surface area contributed by atoms with Gasteiger partial charge >= 0.3 is 0 Å². The topological polar surface area (TPSA) is 32.3 Å². The fourth-order valence-corrected chi connectivity index (χ4v) is 0.338. The van der Waals surface area contributed by atoms with Gasteiger partial charge in [0.25, 0.3) is 0 Å². The van der Waals surface area contributed by atoms with Crippen LogP contribution < -0.4 is 5.23 Å². The lowest BCUT2D eigenvalue weighted by Crippen LogP contribution is -2.30. The van der Waals surface area contributed by atoms with Crippen LogP contribution in [0.4, 0.5) is 0 Å². The molecule has 7 heavy (non-hydrogen) atoms. The van der Waals surface area contributed by atoms with Crippen LogP contribution in [-0.2, 0) is 0 Å². The van der Waals surface area contributed by atoms with Crippen LogP contribution in [0, 0.1) is 0 Å². The zero-order chi connectivity index (χ0) is 6.41. The van der Waals surface area contributed by atoms with Crippen LogP contribution in [0.15, 0.2) is 0 Å². The van der Waals surface area contributed by atoms with Crippen molar-refractivity contribution in [3.05, 3.63) is 0 Å². The first-order valence-electron chi connectivity index (χ1n) is 2.64. The maximum atomic E-state index is 8.41. The summed E-state index contributed by atoms with van der Waals surface area (Å²) < 4.78 is 6.65. The molecule has 0 rings (SSSR count). The number of aliphatic hydroxyl groups is 1. The normalized spacial score (nSPS) is 14.7. The van der Waals surface area contributed by atoms with E-state index in [9.17, 15) is 0 Å². The van der Waals surface area contributed by atoms with E-state index in [-0.39, 0.29) is 20.6 Å². The summed E-state index contributed by atoms with van der Waals surface area (Å²) in [7, 11) is 0.0956. The number of aliphatic hydroxyl groups excluding tert-OH is 1. The zero-order valence-corrected chi connectivity index (χ0v) is 4.74. The third kappa shape index (κ3) is 2.73. The van der Waals surface area contributed by atoms with Gasteiger partial charge in [-0.05, 0) is 6.70 Å². The molecule has 0 aliphatic carbocycles. The van der Waals surface area contributed by atoms with E-state index in [2.05, 4.69) is 17.4 Å². The van der Waals surface area contributed by atoms with Crippen LogP contribution in [0.1, 0.15) is 0 Å². The van der Waals surface area contributed by atoms with Gasteiger partial charge in [0.15, 0.2) is 7.94 Å². The first-order valence-corrected chi connectivity index (χ1v) is 2.41. The second kappa shape index (κ2) is 4.24. The summed E-state index contributed by atoms with van der Waals surface area (Å²) in [6.45, 7) is -0.0254. The minimum absolute atomic E-state index is 0.0254. The Labute approximate surface area is 50.7 Å². The van der Waals surface area contributed by atoms with Crippen LogP contribution in [-0.4, -0.2) is 32.4 Å². The van der Waals surface area contributed by atoms with E-state index in [1.807, 2.05) is 0 Å². The van der Waals surface area contributed by atoms with Crippen molar-refractivity contribution in [2.45, 2.75) is 6.04 Å². The van der Waals surface area contributed by atoms with E-state index < -0.39 is 0 Å². The molecule has 0 saturated carbocycles. The summed E-state index contributed by atoms with van der Waals surface area (Å²) in [5, 5.41) is 12.5. The minimum atomic E-state index is -0.192. The molecule has 0 aromatic heterocycles. The fourth-order valence-electron chi connectivity index (χ4n) is 0.156. The number of thiocarbonyl (C=S) groups is 1. The molecule has 0 saturated heterocycles. The highest BCUT2D eigenvalue weighted by Gasteiger charge is 1.93. The molecule has 0 radical (unpaired) electrons. The third-order valence-electron chi connectivity index (χ3n) is 0.623. The molecule has 0 aromatic carbocycles. The van der Waals surface area contributed by atoms with Crippen molar-refractivity contribution in [3.63, 3.8) is 0 Å². The molecule has 4 heteroatoms. The average molecular weight is 119 g/mol. The first-order chi connectivity index (χ1) is 3.85. The van der Waals surface area contributed by atoms with Crippen molar-refractivity contribution >= 4 is 25.5 Å². The Hall–Kier alpha value is 0.0749. The maximum absolute atomic E-state index is 8.41. The van der Waals surface area contributed by atoms with Crippen molar-refractivity contribution in [1.29, 1.82) is 1.34 Å². The van der Waals surface area contributed by atoms with Crippen molar-refractivity contribution in [2.75, 3.05) is 6.61 Å². The molecule has 1 atom stereocenters. The SMILES string of the molecule is [3H]BN[C@@H](C=S)CO. The van der Waals surface area contributed by atoms with Gasteiger partial charge in [0.2, 0.25) is 0 Å². The molecule has 0 spiro atoms. The molecule has 40 valence electrons. The monoisotopic (exact) mass is 119 g/mol. The second-order valence-corrected chi connectivity index (χ2v) is 1.40. The van der Waals surface area contributed by atoms with Crippen molar-refractivity contribution in [3.8, 4) is 0 Å². The van der Waals surface area contributed by atoms with Crippen LogP contribution in [0.25, 0.3) is 0 Å². The Balaban J connectivity index is 3.21. The number of rotatable bonds is 4. The Morgan fingerprint density at radius 1 is 2.29 bits per heavy atom. The molecule has 0 unspecified atom stereocenters. The van der Waals surface area contributed by atoms with Crippen molar-refractivity contribution in [2.24, 2.45) is 0 Å². The molecule has 2 N–H and O–H groups in total. The lowest BCUT2D eigenvalue weighted by atomic mass is 10.3. The Kier molecular flexibility index (Phi) is 3.16. The van der Waals surface area contributed by atoms with E-state index in [0.717, 1.165) is 0 Å². The van der Waals surface area contributed by atoms with Gasteiger partial charge in [-0.15, -0.1) is 0 Å². The van der Waals surface area contributed by atoms with Gasteiger partial charge in [0.1, 0.15) is 0 Å². The predicted molar refractivity (Wildman–Crippen MR) is 36.2 cm³/mol. The Bertz CT molecular complexity index is 74.3. The molecule has 0 bridgehead atoms. The highest BCUT2D eigenvalue weighted by molar-refractivity contribution is 7.79.